The van der Waals surface area contributed by atoms with Gasteiger partial charge < -0.3 is 15.0 Å². The molecule has 1 aromatic carbocycles. The predicted octanol–water partition coefficient (Wildman–Crippen LogP) is 3.64. The van der Waals surface area contributed by atoms with Gasteiger partial charge in [0, 0.05) is 19.2 Å². The van der Waals surface area contributed by atoms with Crippen LogP contribution in [-0.4, -0.2) is 43.6 Å². The van der Waals surface area contributed by atoms with Gasteiger partial charge in [0.15, 0.2) is 0 Å². The molecule has 2 fully saturated rings. The molecule has 4 nitrogen and oxygen atoms in total. The fourth-order valence-electron chi connectivity index (χ4n) is 3.45. The summed E-state index contributed by atoms with van der Waals surface area (Å²) in [6.45, 7) is 4.31. The van der Waals surface area contributed by atoms with Crippen LogP contribution in [-0.2, 0) is 4.79 Å². The highest BCUT2D eigenvalue weighted by atomic mass is 35.5. The lowest BCUT2D eigenvalue weighted by molar-refractivity contribution is -0.131. The third-order valence-electron chi connectivity index (χ3n) is 4.85. The minimum absolute atomic E-state index is 0. The van der Waals surface area contributed by atoms with Crippen LogP contribution in [0.1, 0.15) is 19.3 Å². The zero-order valence-corrected chi connectivity index (χ0v) is 15.8. The highest BCUT2D eigenvalue weighted by Crippen LogP contribution is 2.28. The molecule has 0 spiro atoms. The Labute approximate surface area is 159 Å². The number of amides is 1. The molecule has 0 saturated carbocycles. The smallest absolute Gasteiger partial charge is 0.225 e. The lowest BCUT2D eigenvalue weighted by Gasteiger charge is -2.21. The number of likely N-dealkylation sites (tertiary alicyclic amines) is 1. The molecule has 1 amide bonds. The molecule has 1 aromatic rings. The number of rotatable bonds is 4. The second kappa shape index (κ2) is 9.14. The minimum atomic E-state index is 0. The first kappa shape index (κ1) is 19.6. The van der Waals surface area contributed by atoms with E-state index in [-0.39, 0.29) is 18.3 Å². The fourth-order valence-corrected chi connectivity index (χ4v) is 3.74. The number of nitrogens with zero attached hydrogens (tertiary/aromatic N) is 1. The van der Waals surface area contributed by atoms with Crippen LogP contribution < -0.4 is 10.1 Å². The van der Waals surface area contributed by atoms with Crippen molar-refractivity contribution in [2.24, 2.45) is 11.8 Å². The fraction of sp³-hybridized carbons (Fsp3) is 0.588. The first-order valence-corrected chi connectivity index (χ1v) is 8.95. The number of ether oxygens (including phenoxy) is 1. The van der Waals surface area contributed by atoms with Crippen LogP contribution in [0, 0.1) is 11.8 Å². The van der Waals surface area contributed by atoms with E-state index in [1.807, 2.05) is 4.90 Å². The molecule has 134 valence electrons. The molecule has 0 aromatic heterocycles. The number of hydrogen-bond acceptors (Lipinski definition) is 3. The van der Waals surface area contributed by atoms with Crippen molar-refractivity contribution in [2.45, 2.75) is 19.3 Å². The Bertz CT molecular complexity index is 557. The van der Waals surface area contributed by atoms with Gasteiger partial charge in [0.2, 0.25) is 5.91 Å². The topological polar surface area (TPSA) is 41.6 Å². The summed E-state index contributed by atoms with van der Waals surface area (Å²) >= 11 is 11.8. The van der Waals surface area contributed by atoms with Gasteiger partial charge in [-0.1, -0.05) is 23.2 Å². The molecule has 2 aliphatic rings. The molecular weight excluding hydrogens is 371 g/mol. The molecule has 2 atom stereocenters. The van der Waals surface area contributed by atoms with Crippen molar-refractivity contribution in [3.05, 3.63) is 28.2 Å². The van der Waals surface area contributed by atoms with Crippen LogP contribution in [0.15, 0.2) is 18.2 Å². The maximum Gasteiger partial charge on any atom is 0.225 e. The van der Waals surface area contributed by atoms with Gasteiger partial charge in [0.1, 0.15) is 5.75 Å². The summed E-state index contributed by atoms with van der Waals surface area (Å²) in [5.41, 5.74) is 0. The highest BCUT2D eigenvalue weighted by molar-refractivity contribution is 6.42. The van der Waals surface area contributed by atoms with Gasteiger partial charge in [-0.05, 0) is 49.9 Å². The standard InChI is InChI=1S/C17H22Cl2N2O2.ClH/c18-15-2-1-14(9-16(15)19)23-8-5-17(22)21-6-3-12-10-20-11-13(12)4-7-21;/h1-2,9,12-13,20H,3-8,10-11H2;1H/t12-,13+;. The summed E-state index contributed by atoms with van der Waals surface area (Å²) in [5, 5.41) is 4.41. The van der Waals surface area contributed by atoms with Gasteiger partial charge in [-0.2, -0.15) is 0 Å². The summed E-state index contributed by atoms with van der Waals surface area (Å²) in [6, 6.07) is 5.13. The Kier molecular flexibility index (Phi) is 7.48. The molecule has 2 aliphatic heterocycles. The van der Waals surface area contributed by atoms with E-state index >= 15 is 0 Å². The Morgan fingerprint density at radius 1 is 1.17 bits per heavy atom. The van der Waals surface area contributed by atoms with E-state index in [2.05, 4.69) is 5.32 Å². The minimum Gasteiger partial charge on any atom is -0.493 e. The zero-order chi connectivity index (χ0) is 16.2. The lowest BCUT2D eigenvalue weighted by Crippen LogP contribution is -2.33. The highest BCUT2D eigenvalue weighted by Gasteiger charge is 2.31. The van der Waals surface area contributed by atoms with Crippen molar-refractivity contribution in [1.29, 1.82) is 0 Å². The van der Waals surface area contributed by atoms with Gasteiger partial charge in [-0.3, -0.25) is 4.79 Å². The van der Waals surface area contributed by atoms with Crippen molar-refractivity contribution >= 4 is 41.5 Å². The molecule has 3 rings (SSSR count). The van der Waals surface area contributed by atoms with Crippen molar-refractivity contribution in [3.63, 3.8) is 0 Å². The number of halogens is 3. The second-order valence-corrected chi connectivity index (χ2v) is 7.13. The van der Waals surface area contributed by atoms with Gasteiger partial charge in [0.25, 0.3) is 0 Å². The van der Waals surface area contributed by atoms with Gasteiger partial charge >= 0.3 is 0 Å². The quantitative estimate of drug-likeness (QED) is 0.849. The zero-order valence-electron chi connectivity index (χ0n) is 13.5. The Morgan fingerprint density at radius 2 is 1.83 bits per heavy atom. The van der Waals surface area contributed by atoms with E-state index in [4.69, 9.17) is 27.9 Å². The van der Waals surface area contributed by atoms with Gasteiger partial charge in [-0.25, -0.2) is 0 Å². The summed E-state index contributed by atoms with van der Waals surface area (Å²) in [6.07, 6.45) is 2.61. The van der Waals surface area contributed by atoms with Gasteiger partial charge in [0.05, 0.1) is 23.1 Å². The average molecular weight is 394 g/mol. The van der Waals surface area contributed by atoms with E-state index in [0.29, 0.717) is 28.8 Å². The molecule has 0 aliphatic carbocycles. The van der Waals surface area contributed by atoms with Crippen LogP contribution in [0.3, 0.4) is 0 Å². The molecule has 1 N–H and O–H groups in total. The third kappa shape index (κ3) is 4.92. The van der Waals surface area contributed by atoms with E-state index < -0.39 is 0 Å². The molecule has 0 radical (unpaired) electrons. The van der Waals surface area contributed by atoms with Crippen molar-refractivity contribution in [1.82, 2.24) is 10.2 Å². The maximum absolute atomic E-state index is 12.4. The van der Waals surface area contributed by atoms with Crippen LogP contribution in [0.5, 0.6) is 5.75 Å². The van der Waals surface area contributed by atoms with Crippen LogP contribution in [0.4, 0.5) is 0 Å². The van der Waals surface area contributed by atoms with Crippen LogP contribution in [0.25, 0.3) is 0 Å². The van der Waals surface area contributed by atoms with Crippen molar-refractivity contribution in [3.8, 4) is 5.75 Å². The van der Waals surface area contributed by atoms with E-state index in [1.165, 1.54) is 0 Å². The molecule has 2 heterocycles. The molecular formula is C17H23Cl3N2O2. The first-order chi connectivity index (χ1) is 11.1. The normalized spacial score (nSPS) is 23.2. The Hall–Kier alpha value is -0.680. The molecule has 0 bridgehead atoms. The Morgan fingerprint density at radius 3 is 2.46 bits per heavy atom. The average Bonchev–Trinajstić information content (AvgIpc) is 2.89. The first-order valence-electron chi connectivity index (χ1n) is 8.20. The summed E-state index contributed by atoms with van der Waals surface area (Å²) in [4.78, 5) is 14.4. The van der Waals surface area contributed by atoms with E-state index in [1.54, 1.807) is 18.2 Å². The largest absolute Gasteiger partial charge is 0.493 e. The number of carbonyl (C=O) groups excluding carboxylic acids is 1. The number of nitrogens with one attached hydrogen (secondary N) is 1. The molecule has 2 saturated heterocycles. The monoisotopic (exact) mass is 392 g/mol. The summed E-state index contributed by atoms with van der Waals surface area (Å²) in [7, 11) is 0. The lowest BCUT2D eigenvalue weighted by atomic mass is 9.92. The van der Waals surface area contributed by atoms with E-state index in [9.17, 15) is 4.79 Å². The van der Waals surface area contributed by atoms with E-state index in [0.717, 1.165) is 50.9 Å². The third-order valence-corrected chi connectivity index (χ3v) is 5.59. The summed E-state index contributed by atoms with van der Waals surface area (Å²) < 4.78 is 5.61. The second-order valence-electron chi connectivity index (χ2n) is 6.31. The number of hydrogen-bond donors (Lipinski definition) is 1. The van der Waals surface area contributed by atoms with Gasteiger partial charge in [-0.15, -0.1) is 12.4 Å². The predicted molar refractivity (Wildman–Crippen MR) is 99.5 cm³/mol. The number of fused-ring (bicyclic) bond motifs is 1. The van der Waals surface area contributed by atoms with Crippen molar-refractivity contribution < 1.29 is 9.53 Å². The van der Waals surface area contributed by atoms with Crippen LogP contribution in [0.2, 0.25) is 10.0 Å². The van der Waals surface area contributed by atoms with Crippen molar-refractivity contribution in [2.75, 3.05) is 32.8 Å². The molecule has 7 heteroatoms. The summed E-state index contributed by atoms with van der Waals surface area (Å²) in [5.74, 6) is 2.29. The van der Waals surface area contributed by atoms with Crippen LogP contribution >= 0.6 is 35.6 Å². The Balaban J connectivity index is 0.00000208. The molecule has 0 unspecified atom stereocenters. The number of carbonyl (C=O) groups is 1. The SMILES string of the molecule is Cl.O=C(CCOc1ccc(Cl)c(Cl)c1)N1CC[C@@H]2CNC[C@@H]2CC1. The maximum atomic E-state index is 12.4. The molecule has 24 heavy (non-hydrogen) atoms. The number of benzene rings is 1.